The summed E-state index contributed by atoms with van der Waals surface area (Å²) in [4.78, 5) is 2.50. The zero-order valence-electron chi connectivity index (χ0n) is 12.2. The number of hydrogen-bond acceptors (Lipinski definition) is 4. The molecule has 1 unspecified atom stereocenters. The van der Waals surface area contributed by atoms with E-state index in [0.717, 1.165) is 29.1 Å². The largest absolute Gasteiger partial charge is 0.486 e. The maximum absolute atomic E-state index is 5.67. The van der Waals surface area contributed by atoms with Crippen molar-refractivity contribution in [3.63, 3.8) is 0 Å². The third-order valence-electron chi connectivity index (χ3n) is 4.02. The van der Waals surface area contributed by atoms with Crippen LogP contribution in [0.3, 0.4) is 0 Å². The van der Waals surface area contributed by atoms with Gasteiger partial charge in [-0.15, -0.1) is 12.4 Å². The molecule has 1 saturated heterocycles. The van der Waals surface area contributed by atoms with Gasteiger partial charge in [0.2, 0.25) is 0 Å². The summed E-state index contributed by atoms with van der Waals surface area (Å²) in [6, 6.07) is 4.75. The minimum atomic E-state index is 0. The van der Waals surface area contributed by atoms with E-state index in [1.807, 2.05) is 13.1 Å². The van der Waals surface area contributed by atoms with Crippen LogP contribution in [0.5, 0.6) is 11.5 Å². The molecule has 1 aromatic carbocycles. The first-order valence-corrected chi connectivity index (χ1v) is 8.03. The van der Waals surface area contributed by atoms with Crippen LogP contribution in [-0.2, 0) is 6.54 Å². The number of nitrogens with one attached hydrogen (secondary N) is 1. The number of likely N-dealkylation sites (N-methyl/N-ethyl adjacent to an activating group) is 1. The van der Waals surface area contributed by atoms with Gasteiger partial charge in [-0.1, -0.05) is 15.9 Å². The number of rotatable bonds is 3. The number of piperidine rings is 1. The zero-order chi connectivity index (χ0) is 13.9. The summed E-state index contributed by atoms with van der Waals surface area (Å²) in [5, 5.41) is 3.39. The van der Waals surface area contributed by atoms with E-state index in [1.54, 1.807) is 0 Å². The van der Waals surface area contributed by atoms with Gasteiger partial charge in [0.25, 0.3) is 0 Å². The monoisotopic (exact) mass is 376 g/mol. The molecule has 0 aromatic heterocycles. The van der Waals surface area contributed by atoms with Crippen molar-refractivity contribution < 1.29 is 9.47 Å². The maximum atomic E-state index is 5.67. The van der Waals surface area contributed by atoms with Crippen molar-refractivity contribution >= 4 is 28.3 Å². The Bertz CT molecular complexity index is 487. The molecule has 1 N–H and O–H groups in total. The van der Waals surface area contributed by atoms with Gasteiger partial charge >= 0.3 is 0 Å². The quantitative estimate of drug-likeness (QED) is 0.878. The number of likely N-dealkylation sites (tertiary alicyclic amines) is 1. The number of nitrogens with zero attached hydrogens (tertiary/aromatic N) is 1. The molecule has 6 heteroatoms. The second-order valence-corrected chi connectivity index (χ2v) is 6.30. The van der Waals surface area contributed by atoms with Crippen LogP contribution in [0.2, 0.25) is 0 Å². The Kier molecular flexibility index (Phi) is 6.17. The van der Waals surface area contributed by atoms with E-state index in [2.05, 4.69) is 32.2 Å². The number of halogens is 2. The highest BCUT2D eigenvalue weighted by atomic mass is 79.9. The third-order valence-corrected chi connectivity index (χ3v) is 4.76. The summed E-state index contributed by atoms with van der Waals surface area (Å²) >= 11 is 3.66. The van der Waals surface area contributed by atoms with Crippen LogP contribution >= 0.6 is 28.3 Å². The summed E-state index contributed by atoms with van der Waals surface area (Å²) in [7, 11) is 2.05. The van der Waals surface area contributed by atoms with E-state index in [4.69, 9.17) is 9.47 Å². The first kappa shape index (κ1) is 16.9. The molecule has 21 heavy (non-hydrogen) atoms. The highest BCUT2D eigenvalue weighted by Gasteiger charge is 2.21. The molecular formula is C15H22BrClN2O2. The second kappa shape index (κ2) is 7.68. The van der Waals surface area contributed by atoms with E-state index in [1.165, 1.54) is 24.9 Å². The van der Waals surface area contributed by atoms with E-state index in [-0.39, 0.29) is 12.4 Å². The fourth-order valence-electron chi connectivity index (χ4n) is 2.90. The third kappa shape index (κ3) is 4.03. The molecule has 1 fully saturated rings. The molecule has 2 aliphatic rings. The summed E-state index contributed by atoms with van der Waals surface area (Å²) in [5.41, 5.74) is 1.27. The highest BCUT2D eigenvalue weighted by molar-refractivity contribution is 9.10. The van der Waals surface area contributed by atoms with Gasteiger partial charge in [-0.3, -0.25) is 4.90 Å². The van der Waals surface area contributed by atoms with E-state index < -0.39 is 0 Å². The van der Waals surface area contributed by atoms with Gasteiger partial charge in [0.15, 0.2) is 11.5 Å². The lowest BCUT2D eigenvalue weighted by atomic mass is 10.0. The van der Waals surface area contributed by atoms with E-state index in [0.29, 0.717) is 19.3 Å². The Morgan fingerprint density at radius 3 is 2.71 bits per heavy atom. The lowest BCUT2D eigenvalue weighted by molar-refractivity contribution is 0.169. The van der Waals surface area contributed by atoms with Gasteiger partial charge in [0.05, 0.1) is 0 Å². The molecule has 0 spiro atoms. The van der Waals surface area contributed by atoms with E-state index >= 15 is 0 Å². The molecule has 2 aliphatic heterocycles. The van der Waals surface area contributed by atoms with Gasteiger partial charge in [-0.05, 0) is 44.1 Å². The van der Waals surface area contributed by atoms with Crippen molar-refractivity contribution in [2.45, 2.75) is 25.4 Å². The Morgan fingerprint density at radius 2 is 2.00 bits per heavy atom. The number of benzene rings is 1. The normalized spacial score (nSPS) is 21.7. The van der Waals surface area contributed by atoms with Crippen molar-refractivity contribution in [3.05, 3.63) is 22.2 Å². The zero-order valence-corrected chi connectivity index (χ0v) is 14.6. The van der Waals surface area contributed by atoms with Gasteiger partial charge in [-0.25, -0.2) is 0 Å². The summed E-state index contributed by atoms with van der Waals surface area (Å²) in [6.07, 6.45) is 2.53. The molecule has 3 rings (SSSR count). The van der Waals surface area contributed by atoms with Crippen LogP contribution in [0.4, 0.5) is 0 Å². The lowest BCUT2D eigenvalue weighted by Gasteiger charge is -2.33. The van der Waals surface area contributed by atoms with Crippen LogP contribution < -0.4 is 14.8 Å². The topological polar surface area (TPSA) is 33.7 Å². The molecule has 0 aliphatic carbocycles. The second-order valence-electron chi connectivity index (χ2n) is 5.45. The fourth-order valence-corrected chi connectivity index (χ4v) is 3.35. The average Bonchev–Trinajstić information content (AvgIpc) is 2.48. The standard InChI is InChI=1S/C15H21BrN2O2.ClH/c1-17-12-3-2-4-18(10-12)9-11-7-14-15(8-13(11)16)20-6-5-19-14;/h7-8,12,17H,2-6,9-10H2,1H3;1H. The molecule has 4 nitrogen and oxygen atoms in total. The maximum Gasteiger partial charge on any atom is 0.162 e. The Labute approximate surface area is 140 Å². The molecule has 1 aromatic rings. The fraction of sp³-hybridized carbons (Fsp3) is 0.600. The molecule has 0 saturated carbocycles. The lowest BCUT2D eigenvalue weighted by Crippen LogP contribution is -2.43. The number of fused-ring (bicyclic) bond motifs is 1. The van der Waals surface area contributed by atoms with Gasteiger partial charge < -0.3 is 14.8 Å². The average molecular weight is 378 g/mol. The van der Waals surface area contributed by atoms with Gasteiger partial charge in [-0.2, -0.15) is 0 Å². The minimum Gasteiger partial charge on any atom is -0.486 e. The van der Waals surface area contributed by atoms with Crippen LogP contribution in [0, 0.1) is 0 Å². The van der Waals surface area contributed by atoms with Crippen LogP contribution in [-0.4, -0.2) is 44.3 Å². The van der Waals surface area contributed by atoms with Crippen LogP contribution in [0.25, 0.3) is 0 Å². The van der Waals surface area contributed by atoms with Gasteiger partial charge in [0.1, 0.15) is 13.2 Å². The smallest absolute Gasteiger partial charge is 0.162 e. The molecule has 2 heterocycles. The van der Waals surface area contributed by atoms with Crippen LogP contribution in [0.15, 0.2) is 16.6 Å². The molecular weight excluding hydrogens is 356 g/mol. The predicted octanol–water partition coefficient (Wildman–Crippen LogP) is 2.83. The molecule has 1 atom stereocenters. The summed E-state index contributed by atoms with van der Waals surface area (Å²) < 4.78 is 12.4. The Hall–Kier alpha value is -0.490. The molecule has 0 amide bonds. The Balaban J connectivity index is 0.00000161. The van der Waals surface area contributed by atoms with Crippen molar-refractivity contribution in [2.24, 2.45) is 0 Å². The number of ether oxygens (including phenoxy) is 2. The predicted molar refractivity (Wildman–Crippen MR) is 89.7 cm³/mol. The SMILES string of the molecule is CNC1CCCN(Cc2cc3c(cc2Br)OCCO3)C1.Cl. The summed E-state index contributed by atoms with van der Waals surface area (Å²) in [6.45, 7) is 4.50. The number of hydrogen-bond donors (Lipinski definition) is 1. The molecule has 0 bridgehead atoms. The van der Waals surface area contributed by atoms with Crippen molar-refractivity contribution in [3.8, 4) is 11.5 Å². The van der Waals surface area contributed by atoms with Gasteiger partial charge in [0, 0.05) is 23.6 Å². The molecule has 118 valence electrons. The van der Waals surface area contributed by atoms with Crippen molar-refractivity contribution in [2.75, 3.05) is 33.4 Å². The molecule has 0 radical (unpaired) electrons. The van der Waals surface area contributed by atoms with Crippen LogP contribution in [0.1, 0.15) is 18.4 Å². The van der Waals surface area contributed by atoms with Crippen molar-refractivity contribution in [1.29, 1.82) is 0 Å². The van der Waals surface area contributed by atoms with E-state index in [9.17, 15) is 0 Å². The minimum absolute atomic E-state index is 0. The first-order chi connectivity index (χ1) is 9.76. The highest BCUT2D eigenvalue weighted by Crippen LogP contribution is 2.36. The first-order valence-electron chi connectivity index (χ1n) is 7.24. The van der Waals surface area contributed by atoms with Crippen molar-refractivity contribution in [1.82, 2.24) is 10.2 Å². The summed E-state index contributed by atoms with van der Waals surface area (Å²) in [5.74, 6) is 1.72. The Morgan fingerprint density at radius 1 is 1.29 bits per heavy atom.